The Bertz CT molecular complexity index is 1270. The van der Waals surface area contributed by atoms with Crippen LogP contribution < -0.4 is 14.9 Å². The van der Waals surface area contributed by atoms with Crippen LogP contribution in [0.3, 0.4) is 0 Å². The molecule has 0 radical (unpaired) electrons. The Labute approximate surface area is 196 Å². The molecule has 0 saturated carbocycles. The van der Waals surface area contributed by atoms with Gasteiger partial charge in [-0.15, -0.1) is 0 Å². The molecule has 0 aliphatic rings. The van der Waals surface area contributed by atoms with E-state index in [0.29, 0.717) is 11.4 Å². The fourth-order valence-corrected chi connectivity index (χ4v) is 5.08. The summed E-state index contributed by atoms with van der Waals surface area (Å²) in [7, 11) is -3.99. The summed E-state index contributed by atoms with van der Waals surface area (Å²) in [6.45, 7) is 1.72. The largest absolute Gasteiger partial charge is 0.376 e. The molecule has 0 unspecified atom stereocenters. The molecular formula is C22H21ClN4O5S. The first-order chi connectivity index (χ1) is 15.7. The summed E-state index contributed by atoms with van der Waals surface area (Å²) in [4.78, 5) is 22.6. The van der Waals surface area contributed by atoms with Gasteiger partial charge in [-0.05, 0) is 43.3 Å². The van der Waals surface area contributed by atoms with Crippen LogP contribution in [0.1, 0.15) is 6.92 Å². The van der Waals surface area contributed by atoms with Crippen LogP contribution in [-0.2, 0) is 14.8 Å². The van der Waals surface area contributed by atoms with Gasteiger partial charge in [0.1, 0.15) is 4.90 Å². The number of nitro benzene ring substituents is 1. The number of halogens is 1. The maximum Gasteiger partial charge on any atom is 0.271 e. The number of nitrogens with zero attached hydrogens (tertiary/aromatic N) is 2. The summed E-state index contributed by atoms with van der Waals surface area (Å²) in [6, 6.07) is 18.6. The first-order valence-electron chi connectivity index (χ1n) is 9.88. The predicted octanol–water partition coefficient (Wildman–Crippen LogP) is 4.51. The van der Waals surface area contributed by atoms with E-state index in [1.807, 2.05) is 0 Å². The zero-order valence-electron chi connectivity index (χ0n) is 17.6. The van der Waals surface area contributed by atoms with Crippen molar-refractivity contribution in [3.8, 4) is 0 Å². The average molecular weight is 489 g/mol. The normalized spacial score (nSPS) is 11.0. The Hall–Kier alpha value is -3.63. The van der Waals surface area contributed by atoms with E-state index < -0.39 is 20.9 Å². The van der Waals surface area contributed by atoms with Crippen LogP contribution in [0.2, 0.25) is 5.02 Å². The van der Waals surface area contributed by atoms with Crippen LogP contribution in [0, 0.1) is 10.1 Å². The van der Waals surface area contributed by atoms with Gasteiger partial charge in [0.25, 0.3) is 15.7 Å². The summed E-state index contributed by atoms with van der Waals surface area (Å²) < 4.78 is 27.8. The van der Waals surface area contributed by atoms with Gasteiger partial charge in [-0.1, -0.05) is 35.9 Å². The molecule has 0 aliphatic carbocycles. The smallest absolute Gasteiger partial charge is 0.271 e. The van der Waals surface area contributed by atoms with Gasteiger partial charge in [0.05, 0.1) is 22.2 Å². The van der Waals surface area contributed by atoms with Crippen LogP contribution in [0.4, 0.5) is 22.7 Å². The maximum absolute atomic E-state index is 13.3. The highest BCUT2D eigenvalue weighted by Crippen LogP contribution is 2.30. The lowest BCUT2D eigenvalue weighted by Gasteiger charge is -2.23. The monoisotopic (exact) mass is 488 g/mol. The molecule has 0 spiro atoms. The van der Waals surface area contributed by atoms with Gasteiger partial charge >= 0.3 is 0 Å². The molecule has 172 valence electrons. The van der Waals surface area contributed by atoms with Crippen LogP contribution in [0.5, 0.6) is 0 Å². The third kappa shape index (κ3) is 5.79. The molecule has 1 amide bonds. The second-order valence-corrected chi connectivity index (χ2v) is 9.10. The second kappa shape index (κ2) is 10.3. The Balaban J connectivity index is 1.76. The quantitative estimate of drug-likeness (QED) is 0.337. The van der Waals surface area contributed by atoms with E-state index in [9.17, 15) is 23.3 Å². The molecule has 0 aromatic heterocycles. The van der Waals surface area contributed by atoms with E-state index in [1.165, 1.54) is 40.7 Å². The number of rotatable bonds is 9. The molecule has 0 atom stereocenters. The molecule has 33 heavy (non-hydrogen) atoms. The van der Waals surface area contributed by atoms with E-state index in [2.05, 4.69) is 10.6 Å². The number of sulfonamides is 1. The molecule has 0 bridgehead atoms. The van der Waals surface area contributed by atoms with Crippen LogP contribution in [-0.4, -0.2) is 32.3 Å². The number of nitro groups is 1. The maximum atomic E-state index is 13.3. The van der Waals surface area contributed by atoms with Gasteiger partial charge in [-0.3, -0.25) is 19.2 Å². The van der Waals surface area contributed by atoms with Crippen molar-refractivity contribution in [1.82, 2.24) is 0 Å². The third-order valence-electron chi connectivity index (χ3n) is 4.62. The highest BCUT2D eigenvalue weighted by molar-refractivity contribution is 7.93. The number of carbonyl (C=O) groups excluding carboxylic acids is 1. The van der Waals surface area contributed by atoms with E-state index >= 15 is 0 Å². The Morgan fingerprint density at radius 3 is 2.42 bits per heavy atom. The summed E-state index contributed by atoms with van der Waals surface area (Å²) in [5.41, 5.74) is 1.03. The summed E-state index contributed by atoms with van der Waals surface area (Å²) in [5.74, 6) is -0.470. The summed E-state index contributed by atoms with van der Waals surface area (Å²) in [6.07, 6.45) is 0. The molecule has 3 aromatic rings. The topological polar surface area (TPSA) is 122 Å². The van der Waals surface area contributed by atoms with Gasteiger partial charge < -0.3 is 10.6 Å². The van der Waals surface area contributed by atoms with E-state index in [0.717, 1.165) is 0 Å². The Morgan fingerprint density at radius 1 is 1.03 bits per heavy atom. The minimum absolute atomic E-state index is 0.0251. The van der Waals surface area contributed by atoms with Gasteiger partial charge in [0, 0.05) is 30.1 Å². The number of amides is 1. The molecule has 11 heteroatoms. The fourth-order valence-electron chi connectivity index (χ4n) is 3.10. The number of nitrogens with one attached hydrogen (secondary N) is 2. The van der Waals surface area contributed by atoms with Crippen LogP contribution in [0.25, 0.3) is 0 Å². The van der Waals surface area contributed by atoms with Gasteiger partial charge in [-0.2, -0.15) is 0 Å². The SMILES string of the molecule is CCN(c1ccccc1)S(=O)(=O)c1cc(NC(=O)CNc2cccc([N+](=O)[O-])c2)ccc1Cl. The highest BCUT2D eigenvalue weighted by atomic mass is 35.5. The van der Waals surface area contributed by atoms with E-state index in [-0.39, 0.29) is 34.4 Å². The number of hydrogen-bond acceptors (Lipinski definition) is 6. The predicted molar refractivity (Wildman–Crippen MR) is 128 cm³/mol. The van der Waals surface area contributed by atoms with Gasteiger partial charge in [-0.25, -0.2) is 8.42 Å². The van der Waals surface area contributed by atoms with E-state index in [4.69, 9.17) is 11.6 Å². The lowest BCUT2D eigenvalue weighted by molar-refractivity contribution is -0.384. The Kier molecular flexibility index (Phi) is 7.52. The number of anilines is 3. The first kappa shape index (κ1) is 24.0. The second-order valence-electron chi connectivity index (χ2n) is 6.86. The zero-order chi connectivity index (χ0) is 24.0. The van der Waals surface area contributed by atoms with Crippen molar-refractivity contribution in [1.29, 1.82) is 0 Å². The van der Waals surface area contributed by atoms with Crippen LogP contribution in [0.15, 0.2) is 77.7 Å². The minimum atomic E-state index is -3.99. The molecule has 3 rings (SSSR count). The van der Waals surface area contributed by atoms with Crippen molar-refractivity contribution < 1.29 is 18.1 Å². The van der Waals surface area contributed by atoms with Crippen molar-refractivity contribution in [3.63, 3.8) is 0 Å². The number of para-hydroxylation sites is 1. The summed E-state index contributed by atoms with van der Waals surface area (Å²) in [5, 5.41) is 16.3. The van der Waals surface area contributed by atoms with Crippen molar-refractivity contribution in [3.05, 3.63) is 87.9 Å². The van der Waals surface area contributed by atoms with Gasteiger partial charge in [0.15, 0.2) is 0 Å². The summed E-state index contributed by atoms with van der Waals surface area (Å²) >= 11 is 6.20. The van der Waals surface area contributed by atoms with Crippen molar-refractivity contribution in [2.45, 2.75) is 11.8 Å². The highest BCUT2D eigenvalue weighted by Gasteiger charge is 2.26. The van der Waals surface area contributed by atoms with Crippen molar-refractivity contribution in [2.24, 2.45) is 0 Å². The lowest BCUT2D eigenvalue weighted by atomic mass is 10.3. The van der Waals surface area contributed by atoms with Gasteiger partial charge in [0.2, 0.25) is 5.91 Å². The number of non-ortho nitro benzene ring substituents is 1. The molecule has 3 aromatic carbocycles. The molecule has 9 nitrogen and oxygen atoms in total. The number of benzene rings is 3. The van der Waals surface area contributed by atoms with E-state index in [1.54, 1.807) is 43.3 Å². The fraction of sp³-hybridized carbons (Fsp3) is 0.136. The standard InChI is InChI=1S/C22H21ClN4O5S/c1-2-26(18-8-4-3-5-9-18)33(31,32)21-14-17(11-12-20(21)23)25-22(28)15-24-16-7-6-10-19(13-16)27(29)30/h3-14,24H,2,15H2,1H3,(H,25,28). The molecule has 2 N–H and O–H groups in total. The molecule has 0 heterocycles. The molecule has 0 aliphatic heterocycles. The van der Waals surface area contributed by atoms with Crippen molar-refractivity contribution >= 4 is 50.3 Å². The lowest BCUT2D eigenvalue weighted by Crippen LogP contribution is -2.31. The minimum Gasteiger partial charge on any atom is -0.376 e. The number of hydrogen-bond donors (Lipinski definition) is 2. The molecule has 0 saturated heterocycles. The van der Waals surface area contributed by atoms with Crippen LogP contribution >= 0.6 is 11.6 Å². The third-order valence-corrected chi connectivity index (χ3v) is 7.01. The molecule has 0 fully saturated rings. The first-order valence-corrected chi connectivity index (χ1v) is 11.7. The average Bonchev–Trinajstić information content (AvgIpc) is 2.80. The Morgan fingerprint density at radius 2 is 1.76 bits per heavy atom. The molecular weight excluding hydrogens is 468 g/mol. The van der Waals surface area contributed by atoms with Crippen molar-refractivity contribution in [2.75, 3.05) is 28.0 Å². The number of carbonyl (C=O) groups is 1. The zero-order valence-corrected chi connectivity index (χ0v) is 19.1.